The Hall–Kier alpha value is -4.33. The molecule has 0 aliphatic rings. The molecule has 0 aliphatic heterocycles. The molecule has 0 saturated heterocycles. The maximum atomic E-state index is 12.7. The summed E-state index contributed by atoms with van der Waals surface area (Å²) in [6.07, 6.45) is 0. The third-order valence-corrected chi connectivity index (χ3v) is 4.47. The molecule has 0 saturated carbocycles. The minimum atomic E-state index is -0.583. The van der Waals surface area contributed by atoms with Crippen LogP contribution in [-0.4, -0.2) is 31.4 Å². The van der Waals surface area contributed by atoms with Crippen molar-refractivity contribution < 1.29 is 23.9 Å². The van der Waals surface area contributed by atoms with Gasteiger partial charge in [0.25, 0.3) is 17.7 Å². The van der Waals surface area contributed by atoms with Crippen LogP contribution in [0.25, 0.3) is 0 Å². The first-order valence-electron chi connectivity index (χ1n) is 9.90. The summed E-state index contributed by atoms with van der Waals surface area (Å²) in [6, 6.07) is 19.8. The van der Waals surface area contributed by atoms with Gasteiger partial charge in [-0.15, -0.1) is 0 Å². The number of hydrazine groups is 1. The minimum absolute atomic E-state index is 0.196. The highest BCUT2D eigenvalue weighted by atomic mass is 16.5. The topological polar surface area (TPSA) is 106 Å². The lowest BCUT2D eigenvalue weighted by atomic mass is 10.1. The Morgan fingerprint density at radius 1 is 0.750 bits per heavy atom. The molecule has 0 atom stereocenters. The van der Waals surface area contributed by atoms with E-state index in [0.717, 1.165) is 0 Å². The quantitative estimate of drug-likeness (QED) is 0.495. The van der Waals surface area contributed by atoms with Gasteiger partial charge in [-0.05, 0) is 49.4 Å². The molecule has 0 radical (unpaired) electrons. The molecule has 3 aromatic carbocycles. The highest BCUT2D eigenvalue weighted by Crippen LogP contribution is 2.28. The van der Waals surface area contributed by atoms with Gasteiger partial charge in [0.15, 0.2) is 11.5 Å². The fraction of sp³-hybridized carbons (Fsp3) is 0.125. The van der Waals surface area contributed by atoms with Gasteiger partial charge in [-0.1, -0.05) is 30.3 Å². The van der Waals surface area contributed by atoms with Crippen LogP contribution in [0.1, 0.15) is 38.0 Å². The molecule has 0 aromatic heterocycles. The highest BCUT2D eigenvalue weighted by Gasteiger charge is 2.16. The van der Waals surface area contributed by atoms with Gasteiger partial charge in [0.1, 0.15) is 0 Å². The first-order valence-corrected chi connectivity index (χ1v) is 9.90. The van der Waals surface area contributed by atoms with E-state index < -0.39 is 11.8 Å². The molecule has 0 bridgehead atoms. The Morgan fingerprint density at radius 3 is 2.16 bits per heavy atom. The second kappa shape index (κ2) is 10.6. The van der Waals surface area contributed by atoms with Gasteiger partial charge in [-0.25, -0.2) is 0 Å². The standard InChI is InChI=1S/C24H23N3O5/c1-3-32-20-14-13-17(15-21(20)31-2)23(29)26-27-24(30)18-11-7-8-12-19(18)25-22(28)16-9-5-4-6-10-16/h4-15H,3H2,1-2H3,(H,25,28)(H,26,29)(H,27,30). The molecule has 0 fully saturated rings. The fourth-order valence-corrected chi connectivity index (χ4v) is 2.91. The second-order valence-corrected chi connectivity index (χ2v) is 6.57. The monoisotopic (exact) mass is 433 g/mol. The number of nitrogens with one attached hydrogen (secondary N) is 3. The zero-order valence-corrected chi connectivity index (χ0v) is 17.7. The molecule has 0 unspecified atom stereocenters. The lowest BCUT2D eigenvalue weighted by Gasteiger charge is -2.13. The van der Waals surface area contributed by atoms with Crippen LogP contribution >= 0.6 is 0 Å². The molecule has 3 amide bonds. The van der Waals surface area contributed by atoms with Crippen molar-refractivity contribution >= 4 is 23.4 Å². The number of carbonyl (C=O) groups excluding carboxylic acids is 3. The van der Waals surface area contributed by atoms with Crippen LogP contribution in [0.3, 0.4) is 0 Å². The smallest absolute Gasteiger partial charge is 0.271 e. The molecule has 0 heterocycles. The van der Waals surface area contributed by atoms with Gasteiger partial charge in [-0.3, -0.25) is 25.2 Å². The van der Waals surface area contributed by atoms with E-state index in [1.807, 2.05) is 6.92 Å². The molecular weight excluding hydrogens is 410 g/mol. The van der Waals surface area contributed by atoms with Crippen molar-refractivity contribution in [1.82, 2.24) is 10.9 Å². The van der Waals surface area contributed by atoms with Crippen LogP contribution in [-0.2, 0) is 0 Å². The van der Waals surface area contributed by atoms with Crippen molar-refractivity contribution in [2.75, 3.05) is 19.0 Å². The number of hydrogen-bond donors (Lipinski definition) is 3. The van der Waals surface area contributed by atoms with Crippen molar-refractivity contribution in [2.45, 2.75) is 6.92 Å². The molecule has 8 nitrogen and oxygen atoms in total. The SMILES string of the molecule is CCOc1ccc(C(=O)NNC(=O)c2ccccc2NC(=O)c2ccccc2)cc1OC. The zero-order valence-electron chi connectivity index (χ0n) is 17.7. The molecule has 3 aromatic rings. The lowest BCUT2D eigenvalue weighted by molar-refractivity contribution is 0.0846. The van der Waals surface area contributed by atoms with Crippen LogP contribution in [0.5, 0.6) is 11.5 Å². The van der Waals surface area contributed by atoms with E-state index in [4.69, 9.17) is 9.47 Å². The number of ether oxygens (including phenoxy) is 2. The second-order valence-electron chi connectivity index (χ2n) is 6.57. The van der Waals surface area contributed by atoms with Gasteiger partial charge in [0, 0.05) is 11.1 Å². The van der Waals surface area contributed by atoms with Gasteiger partial charge >= 0.3 is 0 Å². The van der Waals surface area contributed by atoms with E-state index in [1.54, 1.807) is 66.7 Å². The summed E-state index contributed by atoms with van der Waals surface area (Å²) in [5.74, 6) is -0.555. The molecule has 3 rings (SSSR count). The zero-order chi connectivity index (χ0) is 22.9. The summed E-state index contributed by atoms with van der Waals surface area (Å²) in [7, 11) is 1.47. The summed E-state index contributed by atoms with van der Waals surface area (Å²) in [6.45, 7) is 2.30. The number of hydrogen-bond acceptors (Lipinski definition) is 5. The molecule has 3 N–H and O–H groups in total. The average molecular weight is 433 g/mol. The highest BCUT2D eigenvalue weighted by molar-refractivity contribution is 6.09. The third kappa shape index (κ3) is 5.42. The largest absolute Gasteiger partial charge is 0.493 e. The van der Waals surface area contributed by atoms with E-state index >= 15 is 0 Å². The molecule has 32 heavy (non-hydrogen) atoms. The van der Waals surface area contributed by atoms with Gasteiger partial charge in [-0.2, -0.15) is 0 Å². The van der Waals surface area contributed by atoms with E-state index in [-0.39, 0.29) is 17.0 Å². The van der Waals surface area contributed by atoms with Crippen LogP contribution in [0, 0.1) is 0 Å². The van der Waals surface area contributed by atoms with Gasteiger partial charge in [0.05, 0.1) is 25.0 Å². The molecule has 0 spiro atoms. The summed E-state index contributed by atoms with van der Waals surface area (Å²) in [4.78, 5) is 37.6. The van der Waals surface area contributed by atoms with E-state index in [1.165, 1.54) is 13.2 Å². The Kier molecular flexibility index (Phi) is 7.42. The summed E-state index contributed by atoms with van der Waals surface area (Å²) in [5.41, 5.74) is 5.98. The number of anilines is 1. The van der Waals surface area contributed by atoms with Gasteiger partial charge in [0.2, 0.25) is 0 Å². The van der Waals surface area contributed by atoms with Crippen LogP contribution in [0.4, 0.5) is 5.69 Å². The van der Waals surface area contributed by atoms with Crippen molar-refractivity contribution in [1.29, 1.82) is 0 Å². The average Bonchev–Trinajstić information content (AvgIpc) is 2.83. The first kappa shape index (κ1) is 22.4. The number of benzene rings is 3. The van der Waals surface area contributed by atoms with Crippen LogP contribution in [0.15, 0.2) is 72.8 Å². The third-order valence-electron chi connectivity index (χ3n) is 4.47. The number of methoxy groups -OCH3 is 1. The fourth-order valence-electron chi connectivity index (χ4n) is 2.91. The molecule has 0 aliphatic carbocycles. The van der Waals surface area contributed by atoms with E-state index in [9.17, 15) is 14.4 Å². The predicted molar refractivity (Wildman–Crippen MR) is 120 cm³/mol. The van der Waals surface area contributed by atoms with Crippen molar-refractivity contribution in [3.63, 3.8) is 0 Å². The van der Waals surface area contributed by atoms with Crippen LogP contribution in [0.2, 0.25) is 0 Å². The van der Waals surface area contributed by atoms with Crippen molar-refractivity contribution in [2.24, 2.45) is 0 Å². The Balaban J connectivity index is 1.68. The summed E-state index contributed by atoms with van der Waals surface area (Å²) in [5, 5.41) is 2.72. The van der Waals surface area contributed by atoms with Crippen molar-refractivity contribution in [3.8, 4) is 11.5 Å². The maximum Gasteiger partial charge on any atom is 0.271 e. The normalized spacial score (nSPS) is 10.1. The summed E-state index contributed by atoms with van der Waals surface area (Å²) < 4.78 is 10.7. The molecular formula is C24H23N3O5. The Bertz CT molecular complexity index is 1120. The van der Waals surface area contributed by atoms with E-state index in [0.29, 0.717) is 29.4 Å². The first-order chi connectivity index (χ1) is 15.5. The molecule has 8 heteroatoms. The van der Waals surface area contributed by atoms with Crippen LogP contribution < -0.4 is 25.6 Å². The van der Waals surface area contributed by atoms with E-state index in [2.05, 4.69) is 16.2 Å². The Labute approximate surface area is 185 Å². The minimum Gasteiger partial charge on any atom is -0.493 e. The number of para-hydroxylation sites is 1. The predicted octanol–water partition coefficient (Wildman–Crippen LogP) is 3.42. The Morgan fingerprint density at radius 2 is 1.44 bits per heavy atom. The number of carbonyl (C=O) groups is 3. The van der Waals surface area contributed by atoms with Gasteiger partial charge < -0.3 is 14.8 Å². The maximum absolute atomic E-state index is 12.7. The summed E-state index contributed by atoms with van der Waals surface area (Å²) >= 11 is 0. The lowest BCUT2D eigenvalue weighted by Crippen LogP contribution is -2.41. The number of amides is 3. The van der Waals surface area contributed by atoms with Crippen molar-refractivity contribution in [3.05, 3.63) is 89.5 Å². The number of rotatable bonds is 7. The molecule has 164 valence electrons.